The summed E-state index contributed by atoms with van der Waals surface area (Å²) in [5, 5.41) is 0. The molecule has 0 bridgehead atoms. The molecule has 1 aliphatic carbocycles. The average Bonchev–Trinajstić information content (AvgIpc) is 3.41. The summed E-state index contributed by atoms with van der Waals surface area (Å²) >= 11 is 0. The fourth-order valence-corrected chi connectivity index (χ4v) is 4.31. The highest BCUT2D eigenvalue weighted by molar-refractivity contribution is 7.89. The number of halogens is 6. The Morgan fingerprint density at radius 1 is 0.885 bits per heavy atom. The highest BCUT2D eigenvalue weighted by Crippen LogP contribution is 2.36. The van der Waals surface area contributed by atoms with Gasteiger partial charge in [-0.3, -0.25) is 0 Å². The van der Waals surface area contributed by atoms with Crippen molar-refractivity contribution in [1.29, 1.82) is 0 Å². The second-order valence-electron chi connectivity index (χ2n) is 5.81. The first-order valence-corrected chi connectivity index (χ1v) is 8.86. The van der Waals surface area contributed by atoms with Crippen molar-refractivity contribution in [1.82, 2.24) is 4.31 Å². The van der Waals surface area contributed by atoms with Crippen LogP contribution in [0.2, 0.25) is 0 Å². The van der Waals surface area contributed by atoms with Crippen molar-refractivity contribution in [3.8, 4) is 0 Å². The van der Waals surface area contributed by atoms with Crippen LogP contribution in [-0.2, 0) is 16.6 Å². The lowest BCUT2D eigenvalue weighted by molar-refractivity contribution is 0.346. The maximum atomic E-state index is 14.0. The van der Waals surface area contributed by atoms with Crippen molar-refractivity contribution in [3.63, 3.8) is 0 Å². The SMILES string of the molecule is O=S(=O)(c1c(F)c(F)c(F)c(F)c1F)N(Cc1cccc(F)c1)C1CC1. The van der Waals surface area contributed by atoms with Crippen LogP contribution < -0.4 is 0 Å². The Kier molecular flexibility index (Phi) is 4.74. The molecule has 140 valence electrons. The van der Waals surface area contributed by atoms with Gasteiger partial charge in [-0.2, -0.15) is 4.31 Å². The molecule has 0 atom stereocenters. The standard InChI is InChI=1S/C16H11F6NO2S/c17-9-3-1-2-8(6-9)7-23(10-4-5-10)26(24,25)16-14(21)12(19)11(18)13(20)15(16)22/h1-3,6,10H,4-5,7H2. The molecule has 26 heavy (non-hydrogen) atoms. The molecule has 1 fully saturated rings. The van der Waals surface area contributed by atoms with E-state index in [1.807, 2.05) is 0 Å². The summed E-state index contributed by atoms with van der Waals surface area (Å²) in [6.07, 6.45) is 0.702. The fourth-order valence-electron chi connectivity index (χ4n) is 2.52. The maximum Gasteiger partial charge on any atom is 0.249 e. The van der Waals surface area contributed by atoms with Crippen LogP contribution >= 0.6 is 0 Å². The summed E-state index contributed by atoms with van der Waals surface area (Å²) in [6.45, 7) is -0.468. The molecule has 3 rings (SSSR count). The van der Waals surface area contributed by atoms with Gasteiger partial charge in [-0.15, -0.1) is 0 Å². The second kappa shape index (κ2) is 6.58. The molecule has 2 aromatic rings. The highest BCUT2D eigenvalue weighted by atomic mass is 32.2. The molecule has 0 amide bonds. The number of benzene rings is 2. The molecule has 0 saturated heterocycles. The van der Waals surface area contributed by atoms with Crippen molar-refractivity contribution in [2.24, 2.45) is 0 Å². The highest BCUT2D eigenvalue weighted by Gasteiger charge is 2.43. The number of nitrogens with zero attached hydrogens (tertiary/aromatic N) is 1. The molecule has 0 N–H and O–H groups in total. The van der Waals surface area contributed by atoms with E-state index >= 15 is 0 Å². The molecule has 10 heteroatoms. The lowest BCUT2D eigenvalue weighted by Crippen LogP contribution is -2.34. The Labute approximate surface area is 144 Å². The van der Waals surface area contributed by atoms with Gasteiger partial charge in [-0.1, -0.05) is 12.1 Å². The molecule has 0 aromatic heterocycles. The summed E-state index contributed by atoms with van der Waals surface area (Å²) < 4.78 is 107. The zero-order chi connectivity index (χ0) is 19.2. The number of hydrogen-bond donors (Lipinski definition) is 0. The van der Waals surface area contributed by atoms with Crippen LogP contribution in [0.3, 0.4) is 0 Å². The van der Waals surface area contributed by atoms with Crippen LogP contribution in [0.1, 0.15) is 18.4 Å². The van der Waals surface area contributed by atoms with Crippen molar-refractivity contribution in [3.05, 3.63) is 64.7 Å². The Hall–Kier alpha value is -2.07. The topological polar surface area (TPSA) is 37.4 Å². The first-order valence-electron chi connectivity index (χ1n) is 7.42. The summed E-state index contributed by atoms with van der Waals surface area (Å²) in [6, 6.07) is 4.15. The number of hydrogen-bond acceptors (Lipinski definition) is 2. The van der Waals surface area contributed by atoms with Gasteiger partial charge in [0, 0.05) is 12.6 Å². The second-order valence-corrected chi connectivity index (χ2v) is 7.64. The van der Waals surface area contributed by atoms with Crippen LogP contribution in [0.15, 0.2) is 29.2 Å². The minimum Gasteiger partial charge on any atom is -0.207 e. The zero-order valence-electron chi connectivity index (χ0n) is 12.9. The van der Waals surface area contributed by atoms with E-state index in [1.54, 1.807) is 0 Å². The lowest BCUT2D eigenvalue weighted by atomic mass is 10.2. The Balaban J connectivity index is 2.11. The van der Waals surface area contributed by atoms with Gasteiger partial charge in [0.05, 0.1) is 0 Å². The van der Waals surface area contributed by atoms with Gasteiger partial charge >= 0.3 is 0 Å². The zero-order valence-corrected chi connectivity index (χ0v) is 13.8. The fraction of sp³-hybridized carbons (Fsp3) is 0.250. The molecule has 0 radical (unpaired) electrons. The molecule has 0 spiro atoms. The quantitative estimate of drug-likeness (QED) is 0.438. The third-order valence-electron chi connectivity index (χ3n) is 3.92. The van der Waals surface area contributed by atoms with Gasteiger partial charge in [0.25, 0.3) is 0 Å². The van der Waals surface area contributed by atoms with Crippen LogP contribution in [0, 0.1) is 34.9 Å². The van der Waals surface area contributed by atoms with Gasteiger partial charge < -0.3 is 0 Å². The molecule has 0 aliphatic heterocycles. The average molecular weight is 395 g/mol. The van der Waals surface area contributed by atoms with Crippen LogP contribution in [0.4, 0.5) is 26.3 Å². The van der Waals surface area contributed by atoms with Gasteiger partial charge in [0.15, 0.2) is 28.2 Å². The molecule has 3 nitrogen and oxygen atoms in total. The minimum absolute atomic E-state index is 0.171. The Morgan fingerprint density at radius 2 is 1.42 bits per heavy atom. The van der Waals surface area contributed by atoms with Gasteiger partial charge in [-0.25, -0.2) is 34.8 Å². The first kappa shape index (κ1) is 18.7. The molecule has 0 unspecified atom stereocenters. The van der Waals surface area contributed by atoms with Crippen molar-refractivity contribution in [2.75, 3.05) is 0 Å². The molecular formula is C16H11F6NO2S. The smallest absolute Gasteiger partial charge is 0.207 e. The van der Waals surface area contributed by atoms with Crippen molar-refractivity contribution < 1.29 is 34.8 Å². The first-order chi connectivity index (χ1) is 12.1. The maximum absolute atomic E-state index is 14.0. The lowest BCUT2D eigenvalue weighted by Gasteiger charge is -2.23. The van der Waals surface area contributed by atoms with E-state index in [0.29, 0.717) is 17.1 Å². The third-order valence-corrected chi connectivity index (χ3v) is 5.84. The summed E-state index contributed by atoms with van der Waals surface area (Å²) in [5.74, 6) is -12.6. The van der Waals surface area contributed by atoms with Crippen molar-refractivity contribution >= 4 is 10.0 Å². The third kappa shape index (κ3) is 3.18. The van der Waals surface area contributed by atoms with E-state index in [-0.39, 0.29) is 5.56 Å². The van der Waals surface area contributed by atoms with E-state index in [9.17, 15) is 34.8 Å². The largest absolute Gasteiger partial charge is 0.249 e. The predicted molar refractivity (Wildman–Crippen MR) is 78.4 cm³/mol. The summed E-state index contributed by atoms with van der Waals surface area (Å²) in [7, 11) is -5.06. The van der Waals surface area contributed by atoms with Crippen LogP contribution in [-0.4, -0.2) is 18.8 Å². The number of rotatable bonds is 5. The monoisotopic (exact) mass is 395 g/mol. The molecule has 0 heterocycles. The van der Waals surface area contributed by atoms with E-state index < -0.39 is 62.4 Å². The van der Waals surface area contributed by atoms with Gasteiger partial charge in [-0.05, 0) is 30.5 Å². The van der Waals surface area contributed by atoms with E-state index in [0.717, 1.165) is 12.1 Å². The summed E-state index contributed by atoms with van der Waals surface area (Å²) in [4.78, 5) is -1.91. The molecular weight excluding hydrogens is 384 g/mol. The Morgan fingerprint density at radius 3 is 1.92 bits per heavy atom. The predicted octanol–water partition coefficient (Wildman–Crippen LogP) is 3.87. The normalized spacial score (nSPS) is 14.9. The molecule has 1 saturated carbocycles. The van der Waals surface area contributed by atoms with Gasteiger partial charge in [0.1, 0.15) is 5.82 Å². The number of sulfonamides is 1. The van der Waals surface area contributed by atoms with Crippen molar-refractivity contribution in [2.45, 2.75) is 30.3 Å². The summed E-state index contributed by atoms with van der Waals surface area (Å²) in [5.41, 5.74) is 0.171. The van der Waals surface area contributed by atoms with E-state index in [1.165, 1.54) is 12.1 Å². The van der Waals surface area contributed by atoms with E-state index in [4.69, 9.17) is 0 Å². The molecule has 2 aromatic carbocycles. The van der Waals surface area contributed by atoms with Gasteiger partial charge in [0.2, 0.25) is 15.8 Å². The van der Waals surface area contributed by atoms with Crippen LogP contribution in [0.5, 0.6) is 0 Å². The van der Waals surface area contributed by atoms with E-state index in [2.05, 4.69) is 0 Å². The van der Waals surface area contributed by atoms with Crippen LogP contribution in [0.25, 0.3) is 0 Å². The Bertz CT molecular complexity index is 946. The molecule has 1 aliphatic rings. The minimum atomic E-state index is -5.06.